The number of esters is 1. The standard InChI is InChI=1S/C16H14N2O5/c1-8-14-11(16(20)22-10(3)9(2)19)7-12(13-5-4-6-21-13)17-15(14)23-18-8/h4-7,10H,1-3H3. The molecule has 0 bridgehead atoms. The van der Waals surface area contributed by atoms with Crippen molar-refractivity contribution in [2.24, 2.45) is 0 Å². The van der Waals surface area contributed by atoms with Crippen LogP contribution in [-0.4, -0.2) is 28.0 Å². The number of ketones is 1. The SMILES string of the molecule is CC(=O)C(C)OC(=O)c1cc(-c2ccco2)nc2onc(C)c12. The summed E-state index contributed by atoms with van der Waals surface area (Å²) in [6.45, 7) is 4.58. The third-order valence-electron chi connectivity index (χ3n) is 3.47. The number of nitrogens with zero attached hydrogens (tertiary/aromatic N) is 2. The van der Waals surface area contributed by atoms with Gasteiger partial charge >= 0.3 is 5.97 Å². The molecule has 3 heterocycles. The lowest BCUT2D eigenvalue weighted by atomic mass is 10.1. The first-order chi connectivity index (χ1) is 11.0. The van der Waals surface area contributed by atoms with E-state index < -0.39 is 12.1 Å². The second-order valence-corrected chi connectivity index (χ2v) is 5.14. The molecule has 0 aliphatic rings. The van der Waals surface area contributed by atoms with Crippen molar-refractivity contribution in [2.75, 3.05) is 0 Å². The fourth-order valence-electron chi connectivity index (χ4n) is 2.11. The maximum absolute atomic E-state index is 12.4. The number of fused-ring (bicyclic) bond motifs is 1. The van der Waals surface area contributed by atoms with Gasteiger partial charge < -0.3 is 13.7 Å². The zero-order chi connectivity index (χ0) is 16.6. The predicted octanol–water partition coefficient (Wildman–Crippen LogP) is 2.93. The van der Waals surface area contributed by atoms with Gasteiger partial charge in [-0.25, -0.2) is 9.78 Å². The second kappa shape index (κ2) is 5.68. The van der Waals surface area contributed by atoms with E-state index in [1.54, 1.807) is 25.1 Å². The van der Waals surface area contributed by atoms with E-state index in [0.29, 0.717) is 22.5 Å². The van der Waals surface area contributed by atoms with Gasteiger partial charge in [-0.2, -0.15) is 0 Å². The number of aryl methyl sites for hydroxylation is 1. The Morgan fingerprint density at radius 2 is 2.13 bits per heavy atom. The highest BCUT2D eigenvalue weighted by Gasteiger charge is 2.23. The molecule has 7 nitrogen and oxygen atoms in total. The molecule has 0 fully saturated rings. The number of pyridine rings is 1. The van der Waals surface area contributed by atoms with E-state index in [4.69, 9.17) is 13.7 Å². The molecule has 1 atom stereocenters. The summed E-state index contributed by atoms with van der Waals surface area (Å²) in [5.41, 5.74) is 1.37. The van der Waals surface area contributed by atoms with Crippen LogP contribution in [0.4, 0.5) is 0 Å². The molecule has 0 saturated carbocycles. The maximum atomic E-state index is 12.4. The molecular weight excluding hydrogens is 300 g/mol. The molecule has 7 heteroatoms. The number of aromatic nitrogens is 2. The monoisotopic (exact) mass is 314 g/mol. The molecule has 0 saturated heterocycles. The Labute approximate surface area is 131 Å². The van der Waals surface area contributed by atoms with Crippen molar-refractivity contribution in [1.29, 1.82) is 0 Å². The maximum Gasteiger partial charge on any atom is 0.339 e. The van der Waals surface area contributed by atoms with E-state index in [1.165, 1.54) is 20.1 Å². The van der Waals surface area contributed by atoms with Crippen molar-refractivity contribution in [3.8, 4) is 11.5 Å². The average Bonchev–Trinajstić information content (AvgIpc) is 3.16. The van der Waals surface area contributed by atoms with Crippen LogP contribution in [0.5, 0.6) is 0 Å². The van der Waals surface area contributed by atoms with Gasteiger partial charge in [0.2, 0.25) is 0 Å². The number of hydrogen-bond donors (Lipinski definition) is 0. The zero-order valence-electron chi connectivity index (χ0n) is 12.8. The molecule has 0 aliphatic carbocycles. The van der Waals surface area contributed by atoms with Gasteiger partial charge in [0.1, 0.15) is 5.69 Å². The van der Waals surface area contributed by atoms with Crippen LogP contribution in [0.25, 0.3) is 22.6 Å². The van der Waals surface area contributed by atoms with Gasteiger partial charge in [-0.05, 0) is 39.0 Å². The predicted molar refractivity (Wildman–Crippen MR) is 79.8 cm³/mol. The minimum absolute atomic E-state index is 0.207. The van der Waals surface area contributed by atoms with E-state index in [-0.39, 0.29) is 17.1 Å². The van der Waals surface area contributed by atoms with Crippen molar-refractivity contribution >= 4 is 22.9 Å². The summed E-state index contributed by atoms with van der Waals surface area (Å²) in [4.78, 5) is 28.1. The van der Waals surface area contributed by atoms with Gasteiger partial charge in [-0.3, -0.25) is 4.79 Å². The number of Topliss-reactive ketones (excluding diaryl/α,β-unsaturated/α-hetero) is 1. The highest BCUT2D eigenvalue weighted by Crippen LogP contribution is 2.28. The number of hydrogen-bond acceptors (Lipinski definition) is 7. The van der Waals surface area contributed by atoms with Crippen molar-refractivity contribution in [3.05, 3.63) is 35.7 Å². The molecule has 0 radical (unpaired) electrons. The molecule has 0 spiro atoms. The highest BCUT2D eigenvalue weighted by molar-refractivity contribution is 6.04. The first-order valence-electron chi connectivity index (χ1n) is 6.99. The Hall–Kier alpha value is -2.96. The average molecular weight is 314 g/mol. The lowest BCUT2D eigenvalue weighted by molar-refractivity contribution is -0.124. The van der Waals surface area contributed by atoms with Crippen LogP contribution in [0.2, 0.25) is 0 Å². The lowest BCUT2D eigenvalue weighted by Crippen LogP contribution is -2.22. The third-order valence-corrected chi connectivity index (χ3v) is 3.47. The van der Waals surface area contributed by atoms with Crippen LogP contribution >= 0.6 is 0 Å². The van der Waals surface area contributed by atoms with Gasteiger partial charge in [-0.15, -0.1) is 0 Å². The van der Waals surface area contributed by atoms with Crippen molar-refractivity contribution in [2.45, 2.75) is 26.9 Å². The van der Waals surface area contributed by atoms with E-state index in [9.17, 15) is 9.59 Å². The summed E-state index contributed by atoms with van der Waals surface area (Å²) in [5.74, 6) is -0.397. The summed E-state index contributed by atoms with van der Waals surface area (Å²) in [7, 11) is 0. The molecular formula is C16H14N2O5. The quantitative estimate of drug-likeness (QED) is 0.683. The number of rotatable bonds is 4. The fourth-order valence-corrected chi connectivity index (χ4v) is 2.11. The largest absolute Gasteiger partial charge is 0.463 e. The number of ether oxygens (including phenoxy) is 1. The van der Waals surface area contributed by atoms with Crippen LogP contribution in [0.1, 0.15) is 29.9 Å². The molecule has 3 aromatic rings. The van der Waals surface area contributed by atoms with E-state index in [1.807, 2.05) is 0 Å². The van der Waals surface area contributed by atoms with Gasteiger partial charge in [0.25, 0.3) is 5.71 Å². The summed E-state index contributed by atoms with van der Waals surface area (Å²) in [5, 5.41) is 4.29. The molecule has 3 rings (SSSR count). The number of carbonyl (C=O) groups is 2. The molecule has 118 valence electrons. The molecule has 0 aromatic carbocycles. The van der Waals surface area contributed by atoms with Gasteiger partial charge in [0.05, 0.1) is 22.9 Å². The Bertz CT molecular complexity index is 879. The summed E-state index contributed by atoms with van der Waals surface area (Å²) < 4.78 is 15.6. The summed E-state index contributed by atoms with van der Waals surface area (Å²) in [6.07, 6.45) is 0.667. The minimum atomic E-state index is -0.835. The zero-order valence-corrected chi connectivity index (χ0v) is 12.8. The van der Waals surface area contributed by atoms with Crippen LogP contribution in [0.15, 0.2) is 33.4 Å². The van der Waals surface area contributed by atoms with E-state index >= 15 is 0 Å². The third kappa shape index (κ3) is 2.73. The summed E-state index contributed by atoms with van der Waals surface area (Å²) >= 11 is 0. The topological polar surface area (TPSA) is 95.4 Å². The van der Waals surface area contributed by atoms with E-state index in [2.05, 4.69) is 10.1 Å². The number of carbonyl (C=O) groups excluding carboxylic acids is 2. The van der Waals surface area contributed by atoms with Crippen molar-refractivity contribution in [1.82, 2.24) is 10.1 Å². The molecule has 3 aromatic heterocycles. The number of furan rings is 1. The Balaban J connectivity index is 2.12. The van der Waals surface area contributed by atoms with Gasteiger partial charge in [-0.1, -0.05) is 5.16 Å². The van der Waals surface area contributed by atoms with Crippen LogP contribution in [0, 0.1) is 6.92 Å². The first-order valence-corrected chi connectivity index (χ1v) is 6.99. The Kier molecular flexibility index (Phi) is 3.69. The van der Waals surface area contributed by atoms with E-state index in [0.717, 1.165) is 0 Å². The van der Waals surface area contributed by atoms with Crippen molar-refractivity contribution in [3.63, 3.8) is 0 Å². The van der Waals surface area contributed by atoms with Gasteiger partial charge in [0.15, 0.2) is 17.6 Å². The molecule has 1 unspecified atom stereocenters. The highest BCUT2D eigenvalue weighted by atomic mass is 16.5. The fraction of sp³-hybridized carbons (Fsp3) is 0.250. The molecule has 23 heavy (non-hydrogen) atoms. The van der Waals surface area contributed by atoms with Crippen LogP contribution in [0.3, 0.4) is 0 Å². The Morgan fingerprint density at radius 3 is 2.78 bits per heavy atom. The minimum Gasteiger partial charge on any atom is -0.463 e. The Morgan fingerprint density at radius 1 is 1.35 bits per heavy atom. The lowest BCUT2D eigenvalue weighted by Gasteiger charge is -2.11. The molecule has 0 aliphatic heterocycles. The first kappa shape index (κ1) is 15.0. The van der Waals surface area contributed by atoms with Crippen LogP contribution < -0.4 is 0 Å². The van der Waals surface area contributed by atoms with Gasteiger partial charge in [0, 0.05) is 0 Å². The normalized spacial score (nSPS) is 12.3. The molecule has 0 N–H and O–H groups in total. The smallest absolute Gasteiger partial charge is 0.339 e. The second-order valence-electron chi connectivity index (χ2n) is 5.14. The van der Waals surface area contributed by atoms with Crippen molar-refractivity contribution < 1.29 is 23.3 Å². The molecule has 0 amide bonds. The van der Waals surface area contributed by atoms with Crippen LogP contribution in [-0.2, 0) is 9.53 Å². The summed E-state index contributed by atoms with van der Waals surface area (Å²) in [6, 6.07) is 4.97.